The first-order chi connectivity index (χ1) is 6.45. The van der Waals surface area contributed by atoms with Gasteiger partial charge in [0, 0.05) is 0 Å². The standard InChI is InChI=1S/C12H10O.B.3ClH/c1-3-7-11(8-4-1)13-12-9-5-2-6-10-12;;;;/h1-10H;;3*1H/q;+3;;;/p-3. The summed E-state index contributed by atoms with van der Waals surface area (Å²) in [6.45, 7) is 0. The van der Waals surface area contributed by atoms with E-state index in [1.807, 2.05) is 60.7 Å². The molecule has 0 amide bonds. The minimum absolute atomic E-state index is 0. The smallest absolute Gasteiger partial charge is 1.00 e. The van der Waals surface area contributed by atoms with Crippen LogP contribution in [-0.2, 0) is 0 Å². The van der Waals surface area contributed by atoms with Crippen molar-refractivity contribution in [2.75, 3.05) is 0 Å². The van der Waals surface area contributed by atoms with Crippen LogP contribution in [0.5, 0.6) is 11.5 Å². The van der Waals surface area contributed by atoms with Crippen molar-refractivity contribution in [1.29, 1.82) is 0 Å². The summed E-state index contributed by atoms with van der Waals surface area (Å²) in [5.41, 5.74) is 0. The molecular weight excluding hydrogens is 277 g/mol. The van der Waals surface area contributed by atoms with E-state index in [4.69, 9.17) is 4.74 Å². The summed E-state index contributed by atoms with van der Waals surface area (Å²) < 4.78 is 5.58. The van der Waals surface area contributed by atoms with Gasteiger partial charge < -0.3 is 42.0 Å². The number of benzene rings is 2. The summed E-state index contributed by atoms with van der Waals surface area (Å²) in [6.07, 6.45) is 0. The third-order valence-electron chi connectivity index (χ3n) is 1.72. The van der Waals surface area contributed by atoms with Crippen molar-refractivity contribution in [3.8, 4) is 11.5 Å². The van der Waals surface area contributed by atoms with E-state index in [0.29, 0.717) is 0 Å². The Kier molecular flexibility index (Phi) is 14.7. The number of hydrogen-bond acceptors (Lipinski definition) is 1. The second-order valence-corrected chi connectivity index (χ2v) is 2.73. The van der Waals surface area contributed by atoms with E-state index in [1.54, 1.807) is 0 Å². The molecule has 0 fully saturated rings. The Morgan fingerprint density at radius 1 is 0.529 bits per heavy atom. The monoisotopic (exact) mass is 286 g/mol. The van der Waals surface area contributed by atoms with E-state index >= 15 is 0 Å². The fourth-order valence-corrected chi connectivity index (χ4v) is 1.11. The van der Waals surface area contributed by atoms with Crippen LogP contribution < -0.4 is 42.0 Å². The van der Waals surface area contributed by atoms with Gasteiger partial charge in [-0.3, -0.25) is 0 Å². The van der Waals surface area contributed by atoms with E-state index < -0.39 is 0 Å². The summed E-state index contributed by atoms with van der Waals surface area (Å²) in [5.74, 6) is 1.74. The molecule has 5 heteroatoms. The maximum atomic E-state index is 5.58. The van der Waals surface area contributed by atoms with Gasteiger partial charge in [-0.25, -0.2) is 0 Å². The number of ether oxygens (including phenoxy) is 1. The summed E-state index contributed by atoms with van der Waals surface area (Å²) in [4.78, 5) is 0. The van der Waals surface area contributed by atoms with Crippen LogP contribution in [0.3, 0.4) is 0 Å². The molecule has 0 bridgehead atoms. The fraction of sp³-hybridized carbons (Fsp3) is 0. The van der Waals surface area contributed by atoms with Gasteiger partial charge in [0.1, 0.15) is 11.5 Å². The maximum Gasteiger partial charge on any atom is 3.00 e. The van der Waals surface area contributed by atoms with E-state index in [-0.39, 0.29) is 45.6 Å². The van der Waals surface area contributed by atoms with Gasteiger partial charge in [0.15, 0.2) is 0 Å². The van der Waals surface area contributed by atoms with Crippen molar-refractivity contribution in [1.82, 2.24) is 0 Å². The molecule has 0 aliphatic rings. The summed E-state index contributed by atoms with van der Waals surface area (Å²) >= 11 is 0. The molecule has 0 aliphatic carbocycles. The third-order valence-corrected chi connectivity index (χ3v) is 1.72. The normalized spacial score (nSPS) is 7.29. The molecule has 2 rings (SSSR count). The molecule has 17 heavy (non-hydrogen) atoms. The Labute approximate surface area is 122 Å². The number of para-hydroxylation sites is 2. The molecule has 0 spiro atoms. The number of halogens is 3. The molecule has 0 atom stereocenters. The zero-order valence-corrected chi connectivity index (χ0v) is 11.2. The van der Waals surface area contributed by atoms with Crippen LogP contribution in [0.15, 0.2) is 60.7 Å². The Morgan fingerprint density at radius 3 is 1.12 bits per heavy atom. The SMILES string of the molecule is [B+3].[Cl-].[Cl-].[Cl-].c1ccc(Oc2ccccc2)cc1. The summed E-state index contributed by atoms with van der Waals surface area (Å²) in [6, 6.07) is 19.5. The molecule has 0 unspecified atom stereocenters. The fourth-order valence-electron chi connectivity index (χ4n) is 1.11. The Morgan fingerprint density at radius 2 is 0.824 bits per heavy atom. The van der Waals surface area contributed by atoms with Crippen LogP contribution >= 0.6 is 0 Å². The first-order valence-electron chi connectivity index (χ1n) is 4.23. The number of rotatable bonds is 2. The zero-order chi connectivity index (χ0) is 8.93. The molecule has 0 N–H and O–H groups in total. The second-order valence-electron chi connectivity index (χ2n) is 2.73. The van der Waals surface area contributed by atoms with Crippen LogP contribution in [0, 0.1) is 0 Å². The average Bonchev–Trinajstić information content (AvgIpc) is 2.21. The van der Waals surface area contributed by atoms with Gasteiger partial charge in [-0.1, -0.05) is 36.4 Å². The minimum atomic E-state index is 0. The Bertz CT molecular complexity index is 333. The second kappa shape index (κ2) is 11.7. The van der Waals surface area contributed by atoms with Gasteiger partial charge in [-0.2, -0.15) is 0 Å². The molecule has 0 saturated heterocycles. The van der Waals surface area contributed by atoms with E-state index in [0.717, 1.165) is 11.5 Å². The van der Waals surface area contributed by atoms with Crippen molar-refractivity contribution in [2.24, 2.45) is 0 Å². The summed E-state index contributed by atoms with van der Waals surface area (Å²) in [7, 11) is 0. The van der Waals surface area contributed by atoms with Gasteiger partial charge in [0.25, 0.3) is 0 Å². The molecule has 1 nitrogen and oxygen atoms in total. The first kappa shape index (κ1) is 21.5. The van der Waals surface area contributed by atoms with E-state index in [9.17, 15) is 0 Å². The van der Waals surface area contributed by atoms with Gasteiger partial charge in [0.05, 0.1) is 0 Å². The molecule has 0 heterocycles. The molecule has 0 aromatic heterocycles. The van der Waals surface area contributed by atoms with Crippen LogP contribution in [0.4, 0.5) is 0 Å². The van der Waals surface area contributed by atoms with E-state index in [2.05, 4.69) is 0 Å². The molecule has 0 radical (unpaired) electrons. The van der Waals surface area contributed by atoms with Gasteiger partial charge in [-0.05, 0) is 24.3 Å². The molecule has 0 saturated carbocycles. The predicted molar refractivity (Wildman–Crippen MR) is 58.7 cm³/mol. The minimum Gasteiger partial charge on any atom is -1.00 e. The van der Waals surface area contributed by atoms with Gasteiger partial charge >= 0.3 is 8.41 Å². The van der Waals surface area contributed by atoms with Crippen LogP contribution in [0.2, 0.25) is 0 Å². The quantitative estimate of drug-likeness (QED) is 0.500. The largest absolute Gasteiger partial charge is 3.00 e. The Hall–Kier alpha value is -0.825. The molecule has 0 aliphatic heterocycles. The van der Waals surface area contributed by atoms with Crippen LogP contribution in [0.25, 0.3) is 0 Å². The predicted octanol–water partition coefficient (Wildman–Crippen LogP) is -5.89. The molecule has 2 aromatic rings. The number of hydrogen-bond donors (Lipinski definition) is 0. The van der Waals surface area contributed by atoms with Gasteiger partial charge in [-0.15, -0.1) is 0 Å². The van der Waals surface area contributed by atoms with Crippen molar-refractivity contribution in [3.63, 3.8) is 0 Å². The van der Waals surface area contributed by atoms with Crippen LogP contribution in [-0.4, -0.2) is 8.41 Å². The topological polar surface area (TPSA) is 9.23 Å². The molecule has 2 aromatic carbocycles. The van der Waals surface area contributed by atoms with Crippen LogP contribution in [0.1, 0.15) is 0 Å². The first-order valence-corrected chi connectivity index (χ1v) is 4.23. The zero-order valence-electron chi connectivity index (χ0n) is 8.89. The van der Waals surface area contributed by atoms with Crippen molar-refractivity contribution in [3.05, 3.63) is 60.7 Å². The average molecular weight is 287 g/mol. The Balaban J connectivity index is -0.000000490. The third kappa shape index (κ3) is 7.16. The summed E-state index contributed by atoms with van der Waals surface area (Å²) in [5, 5.41) is 0. The van der Waals surface area contributed by atoms with Gasteiger partial charge in [0.2, 0.25) is 0 Å². The maximum absolute atomic E-state index is 5.58. The van der Waals surface area contributed by atoms with Crippen molar-refractivity contribution < 1.29 is 42.0 Å². The van der Waals surface area contributed by atoms with Crippen molar-refractivity contribution in [2.45, 2.75) is 0 Å². The van der Waals surface area contributed by atoms with Crippen molar-refractivity contribution >= 4 is 8.41 Å². The molecular formula is C12H10BCl3O. The van der Waals surface area contributed by atoms with E-state index in [1.165, 1.54) is 0 Å². The molecule has 88 valence electrons.